The van der Waals surface area contributed by atoms with Crippen LogP contribution in [0.1, 0.15) is 5.56 Å². The smallest absolute Gasteiger partial charge is 0.405 e. The van der Waals surface area contributed by atoms with Crippen molar-refractivity contribution in [1.82, 2.24) is 0 Å². The van der Waals surface area contributed by atoms with Crippen LogP contribution in [-0.2, 0) is 6.42 Å². The molecule has 0 aliphatic carbocycles. The number of rotatable bonds is 3. The maximum absolute atomic E-state index is 12.0. The number of hydrogen-bond donors (Lipinski definition) is 0. The van der Waals surface area contributed by atoms with E-state index in [0.717, 1.165) is 18.2 Å². The molecule has 5 nitrogen and oxygen atoms in total. The molecule has 0 atom stereocenters. The second-order valence-corrected chi connectivity index (χ2v) is 2.93. The lowest BCUT2D eigenvalue weighted by atomic mass is 10.1. The highest BCUT2D eigenvalue weighted by Gasteiger charge is 2.32. The molecule has 0 aliphatic heterocycles. The van der Waals surface area contributed by atoms with Crippen molar-refractivity contribution in [3.8, 4) is 11.8 Å². The van der Waals surface area contributed by atoms with Gasteiger partial charge in [0.05, 0.1) is 17.4 Å². The average molecular weight is 246 g/mol. The first-order valence-electron chi connectivity index (χ1n) is 4.23. The number of benzene rings is 1. The van der Waals surface area contributed by atoms with Crippen molar-refractivity contribution in [3.63, 3.8) is 0 Å². The van der Waals surface area contributed by atoms with Crippen molar-refractivity contribution in [2.24, 2.45) is 0 Å². The number of hydrogen-bond acceptors (Lipinski definition) is 4. The quantitative estimate of drug-likeness (QED) is 0.606. The molecule has 0 N–H and O–H groups in total. The maximum Gasteiger partial charge on any atom is 0.573 e. The summed E-state index contributed by atoms with van der Waals surface area (Å²) < 4.78 is 39.6. The molecule has 0 aromatic heterocycles. The summed E-state index contributed by atoms with van der Waals surface area (Å²) in [6, 6.07) is 4.18. The zero-order chi connectivity index (χ0) is 13.1. The van der Waals surface area contributed by atoms with Crippen molar-refractivity contribution in [2.75, 3.05) is 0 Å². The summed E-state index contributed by atoms with van der Waals surface area (Å²) in [7, 11) is 0. The highest BCUT2D eigenvalue weighted by atomic mass is 19.4. The topological polar surface area (TPSA) is 76.2 Å². The van der Waals surface area contributed by atoms with Gasteiger partial charge >= 0.3 is 6.36 Å². The summed E-state index contributed by atoms with van der Waals surface area (Å²) >= 11 is 0. The average Bonchev–Trinajstić information content (AvgIpc) is 2.18. The molecule has 0 unspecified atom stereocenters. The molecule has 0 fully saturated rings. The molecule has 17 heavy (non-hydrogen) atoms. The fourth-order valence-electron chi connectivity index (χ4n) is 1.13. The zero-order valence-electron chi connectivity index (χ0n) is 8.19. The lowest BCUT2D eigenvalue weighted by Crippen LogP contribution is -2.18. The number of nitro benzene ring substituents is 1. The fraction of sp³-hybridized carbons (Fsp3) is 0.222. The number of nitrogens with zero attached hydrogens (tertiary/aromatic N) is 2. The van der Waals surface area contributed by atoms with Crippen molar-refractivity contribution >= 4 is 5.69 Å². The molecular formula is C9H5F3N2O3. The van der Waals surface area contributed by atoms with Gasteiger partial charge in [0.25, 0.3) is 5.69 Å². The highest BCUT2D eigenvalue weighted by Crippen LogP contribution is 2.29. The lowest BCUT2D eigenvalue weighted by Gasteiger charge is -2.11. The van der Waals surface area contributed by atoms with Crippen LogP contribution in [0.15, 0.2) is 18.2 Å². The summed E-state index contributed by atoms with van der Waals surface area (Å²) in [6.07, 6.45) is -5.31. The van der Waals surface area contributed by atoms with Gasteiger partial charge in [0.2, 0.25) is 0 Å². The molecule has 0 bridgehead atoms. The van der Waals surface area contributed by atoms with Crippen LogP contribution in [0.2, 0.25) is 0 Å². The van der Waals surface area contributed by atoms with Crippen molar-refractivity contribution in [1.29, 1.82) is 5.26 Å². The van der Waals surface area contributed by atoms with Gasteiger partial charge in [-0.2, -0.15) is 5.26 Å². The molecule has 0 spiro atoms. The molecule has 1 aromatic rings. The van der Waals surface area contributed by atoms with Crippen LogP contribution in [0.3, 0.4) is 0 Å². The lowest BCUT2D eigenvalue weighted by molar-refractivity contribution is -0.385. The molecule has 0 saturated carbocycles. The molecule has 0 amide bonds. The van der Waals surface area contributed by atoms with Crippen LogP contribution in [0.5, 0.6) is 5.75 Å². The molecule has 0 aliphatic rings. The third-order valence-corrected chi connectivity index (χ3v) is 1.75. The van der Waals surface area contributed by atoms with Crippen molar-refractivity contribution < 1.29 is 22.8 Å². The molecule has 90 valence electrons. The number of non-ortho nitro benzene ring substituents is 1. The fourth-order valence-corrected chi connectivity index (χ4v) is 1.13. The van der Waals surface area contributed by atoms with Gasteiger partial charge in [-0.05, 0) is 6.07 Å². The number of halogens is 3. The van der Waals surface area contributed by atoms with Crippen molar-refractivity contribution in [2.45, 2.75) is 12.8 Å². The Labute approximate surface area is 93.2 Å². The van der Waals surface area contributed by atoms with Gasteiger partial charge in [-0.25, -0.2) is 0 Å². The largest absolute Gasteiger partial charge is 0.573 e. The van der Waals surface area contributed by atoms with E-state index in [9.17, 15) is 23.3 Å². The molecular weight excluding hydrogens is 241 g/mol. The Bertz CT molecular complexity index is 479. The first-order chi connectivity index (χ1) is 7.83. The summed E-state index contributed by atoms with van der Waals surface area (Å²) in [6.45, 7) is 0. The van der Waals surface area contributed by atoms with Gasteiger partial charge in [0.1, 0.15) is 5.75 Å². The van der Waals surface area contributed by atoms with Crippen LogP contribution in [0, 0.1) is 21.4 Å². The summed E-state index contributed by atoms with van der Waals surface area (Å²) in [4.78, 5) is 9.65. The molecule has 8 heteroatoms. The van der Waals surface area contributed by atoms with Gasteiger partial charge < -0.3 is 4.74 Å². The minimum atomic E-state index is -4.90. The third kappa shape index (κ3) is 3.64. The second-order valence-electron chi connectivity index (χ2n) is 2.93. The minimum Gasteiger partial charge on any atom is -0.405 e. The monoisotopic (exact) mass is 246 g/mol. The highest BCUT2D eigenvalue weighted by molar-refractivity contribution is 5.45. The van der Waals surface area contributed by atoms with E-state index in [2.05, 4.69) is 4.74 Å². The molecule has 0 saturated heterocycles. The van der Waals surface area contributed by atoms with Crippen LogP contribution in [0.25, 0.3) is 0 Å². The Morgan fingerprint density at radius 2 is 2.12 bits per heavy atom. The summed E-state index contributed by atoms with van der Waals surface area (Å²) in [5.74, 6) is -0.607. The Kier molecular flexibility index (Phi) is 3.52. The maximum atomic E-state index is 12.0. The van der Waals surface area contributed by atoms with Gasteiger partial charge in [0, 0.05) is 17.7 Å². The zero-order valence-corrected chi connectivity index (χ0v) is 8.19. The SMILES string of the molecule is N#CCc1cc([N+](=O)[O-])ccc1OC(F)(F)F. The first-order valence-corrected chi connectivity index (χ1v) is 4.23. The van der Waals surface area contributed by atoms with E-state index in [1.54, 1.807) is 6.07 Å². The Morgan fingerprint density at radius 1 is 1.47 bits per heavy atom. The predicted octanol–water partition coefficient (Wildman–Crippen LogP) is 2.56. The van der Waals surface area contributed by atoms with Crippen LogP contribution >= 0.6 is 0 Å². The van der Waals surface area contributed by atoms with E-state index < -0.39 is 29.1 Å². The summed E-state index contributed by atoms with van der Waals surface area (Å²) in [5.41, 5.74) is -0.580. The van der Waals surface area contributed by atoms with Crippen LogP contribution in [-0.4, -0.2) is 11.3 Å². The second kappa shape index (κ2) is 4.69. The van der Waals surface area contributed by atoms with E-state index >= 15 is 0 Å². The van der Waals surface area contributed by atoms with Gasteiger partial charge in [-0.15, -0.1) is 13.2 Å². The molecule has 0 radical (unpaired) electrons. The van der Waals surface area contributed by atoms with E-state index in [-0.39, 0.29) is 5.56 Å². The normalized spacial score (nSPS) is 10.7. The van der Waals surface area contributed by atoms with Gasteiger partial charge in [-0.1, -0.05) is 0 Å². The van der Waals surface area contributed by atoms with E-state index in [0.29, 0.717) is 0 Å². The van der Waals surface area contributed by atoms with E-state index in [1.807, 2.05) is 0 Å². The minimum absolute atomic E-state index is 0.181. The van der Waals surface area contributed by atoms with E-state index in [1.165, 1.54) is 0 Å². The van der Waals surface area contributed by atoms with Crippen molar-refractivity contribution in [3.05, 3.63) is 33.9 Å². The van der Waals surface area contributed by atoms with E-state index in [4.69, 9.17) is 5.26 Å². The third-order valence-electron chi connectivity index (χ3n) is 1.75. The van der Waals surface area contributed by atoms with Gasteiger partial charge in [0.15, 0.2) is 0 Å². The molecule has 0 heterocycles. The number of nitro groups is 1. The Hall–Kier alpha value is -2.30. The van der Waals surface area contributed by atoms with Crippen LogP contribution < -0.4 is 4.74 Å². The first kappa shape index (κ1) is 12.8. The summed E-state index contributed by atoms with van der Waals surface area (Å²) in [5, 5.41) is 18.8. The van der Waals surface area contributed by atoms with Gasteiger partial charge in [-0.3, -0.25) is 10.1 Å². The molecule has 1 rings (SSSR count). The number of alkyl halides is 3. The predicted molar refractivity (Wildman–Crippen MR) is 49.1 cm³/mol. The standard InChI is InChI=1S/C9H5F3N2O3/c10-9(11,12)17-8-2-1-7(14(15)16)5-6(8)3-4-13/h1-2,5H,3H2. The Morgan fingerprint density at radius 3 is 2.59 bits per heavy atom. The molecule has 1 aromatic carbocycles. The number of ether oxygens (including phenoxy) is 1. The van der Waals surface area contributed by atoms with Crippen LogP contribution in [0.4, 0.5) is 18.9 Å². The Balaban J connectivity index is 3.13. The number of nitriles is 1.